The fourth-order valence-corrected chi connectivity index (χ4v) is 2.95. The molecule has 2 fully saturated rings. The molecule has 1 aromatic carbocycles. The predicted molar refractivity (Wildman–Crippen MR) is 83.6 cm³/mol. The zero-order chi connectivity index (χ0) is 13.8. The van der Waals surface area contributed by atoms with Gasteiger partial charge in [0, 0.05) is 24.8 Å². The smallest absolute Gasteiger partial charge is 0.119 e. The first kappa shape index (κ1) is 13.7. The van der Waals surface area contributed by atoms with E-state index in [9.17, 15) is 0 Å². The molecule has 0 aromatic heterocycles. The molecule has 1 unspecified atom stereocenters. The minimum atomic E-state index is 0.663. The van der Waals surface area contributed by atoms with E-state index in [1.807, 2.05) is 6.92 Å². The van der Waals surface area contributed by atoms with E-state index >= 15 is 0 Å². The fourth-order valence-electron chi connectivity index (χ4n) is 2.95. The number of anilines is 1. The van der Waals surface area contributed by atoms with Gasteiger partial charge in [-0.3, -0.25) is 0 Å². The van der Waals surface area contributed by atoms with E-state index in [-0.39, 0.29) is 0 Å². The summed E-state index contributed by atoms with van der Waals surface area (Å²) >= 11 is 0. The summed E-state index contributed by atoms with van der Waals surface area (Å²) in [5, 5.41) is 3.75. The number of ether oxygens (including phenoxy) is 1. The lowest BCUT2D eigenvalue weighted by molar-refractivity contribution is 0.340. The maximum atomic E-state index is 5.51. The third kappa shape index (κ3) is 3.66. The molecule has 3 heteroatoms. The highest BCUT2D eigenvalue weighted by molar-refractivity contribution is 5.49. The molecular formula is C17H26N2O. The Labute approximate surface area is 122 Å². The first-order chi connectivity index (χ1) is 9.85. The number of benzene rings is 1. The molecule has 1 heterocycles. The lowest BCUT2D eigenvalue weighted by Gasteiger charge is -2.35. The van der Waals surface area contributed by atoms with E-state index in [2.05, 4.69) is 34.5 Å². The Morgan fingerprint density at radius 3 is 2.70 bits per heavy atom. The van der Waals surface area contributed by atoms with E-state index in [4.69, 9.17) is 4.74 Å². The standard InChI is InChI=1S/C17H26N2O/c1-2-20-17-9-7-16(8-10-17)19-11-3-4-15(13-19)18-12-14-5-6-14/h7-10,14-15,18H,2-6,11-13H2,1H3. The number of hydrogen-bond acceptors (Lipinski definition) is 3. The molecule has 0 amide bonds. The van der Waals surface area contributed by atoms with Gasteiger partial charge in [-0.15, -0.1) is 0 Å². The van der Waals surface area contributed by atoms with Crippen molar-refractivity contribution < 1.29 is 4.74 Å². The molecular weight excluding hydrogens is 248 g/mol. The van der Waals surface area contributed by atoms with Gasteiger partial charge in [0.2, 0.25) is 0 Å². The van der Waals surface area contributed by atoms with Crippen LogP contribution in [0.5, 0.6) is 5.75 Å². The third-order valence-corrected chi connectivity index (χ3v) is 4.33. The van der Waals surface area contributed by atoms with E-state index in [0.29, 0.717) is 6.04 Å². The monoisotopic (exact) mass is 274 g/mol. The van der Waals surface area contributed by atoms with Crippen molar-refractivity contribution in [2.75, 3.05) is 31.1 Å². The van der Waals surface area contributed by atoms with Crippen LogP contribution in [0.25, 0.3) is 0 Å². The van der Waals surface area contributed by atoms with Gasteiger partial charge in [0.15, 0.2) is 0 Å². The van der Waals surface area contributed by atoms with E-state index in [1.165, 1.54) is 44.5 Å². The molecule has 1 N–H and O–H groups in total. The highest BCUT2D eigenvalue weighted by Crippen LogP contribution is 2.28. The summed E-state index contributed by atoms with van der Waals surface area (Å²) in [6.45, 7) is 6.29. The van der Waals surface area contributed by atoms with Gasteiger partial charge in [-0.1, -0.05) is 0 Å². The molecule has 1 saturated heterocycles. The summed E-state index contributed by atoms with van der Waals surface area (Å²) in [7, 11) is 0. The molecule has 0 radical (unpaired) electrons. The van der Waals surface area contributed by atoms with Crippen LogP contribution in [0.4, 0.5) is 5.69 Å². The lowest BCUT2D eigenvalue weighted by atomic mass is 10.0. The second kappa shape index (κ2) is 6.49. The summed E-state index contributed by atoms with van der Waals surface area (Å²) in [6.07, 6.45) is 5.47. The van der Waals surface area contributed by atoms with Crippen LogP contribution in [-0.2, 0) is 0 Å². The van der Waals surface area contributed by atoms with Crippen LogP contribution in [-0.4, -0.2) is 32.3 Å². The van der Waals surface area contributed by atoms with E-state index < -0.39 is 0 Å². The Morgan fingerprint density at radius 2 is 2.00 bits per heavy atom. The van der Waals surface area contributed by atoms with Crippen LogP contribution in [0, 0.1) is 5.92 Å². The van der Waals surface area contributed by atoms with Gasteiger partial charge in [-0.05, 0) is 69.3 Å². The topological polar surface area (TPSA) is 24.5 Å². The lowest BCUT2D eigenvalue weighted by Crippen LogP contribution is -2.46. The SMILES string of the molecule is CCOc1ccc(N2CCCC(NCC3CC3)C2)cc1. The normalized spacial score (nSPS) is 22.9. The summed E-state index contributed by atoms with van der Waals surface area (Å²) in [5.41, 5.74) is 1.33. The molecule has 2 aliphatic rings. The highest BCUT2D eigenvalue weighted by atomic mass is 16.5. The van der Waals surface area contributed by atoms with Gasteiger partial charge >= 0.3 is 0 Å². The highest BCUT2D eigenvalue weighted by Gasteiger charge is 2.24. The van der Waals surface area contributed by atoms with Gasteiger partial charge < -0.3 is 15.0 Å². The number of rotatable bonds is 6. The number of nitrogens with zero attached hydrogens (tertiary/aromatic N) is 1. The second-order valence-electron chi connectivity index (χ2n) is 6.06. The van der Waals surface area contributed by atoms with Crippen molar-refractivity contribution in [3.8, 4) is 5.75 Å². The van der Waals surface area contributed by atoms with Crippen molar-refractivity contribution in [2.45, 2.75) is 38.6 Å². The van der Waals surface area contributed by atoms with Crippen molar-refractivity contribution in [1.29, 1.82) is 0 Å². The van der Waals surface area contributed by atoms with Crippen LogP contribution in [0.1, 0.15) is 32.6 Å². The Bertz CT molecular complexity index is 414. The molecule has 1 aromatic rings. The number of nitrogens with one attached hydrogen (secondary N) is 1. The molecule has 110 valence electrons. The first-order valence-corrected chi connectivity index (χ1v) is 8.06. The maximum Gasteiger partial charge on any atom is 0.119 e. The number of hydrogen-bond donors (Lipinski definition) is 1. The van der Waals surface area contributed by atoms with E-state index in [0.717, 1.165) is 24.8 Å². The molecule has 1 aliphatic carbocycles. The molecule has 3 nitrogen and oxygen atoms in total. The zero-order valence-electron chi connectivity index (χ0n) is 12.5. The summed E-state index contributed by atoms with van der Waals surface area (Å²) < 4.78 is 5.51. The van der Waals surface area contributed by atoms with Crippen molar-refractivity contribution >= 4 is 5.69 Å². The molecule has 20 heavy (non-hydrogen) atoms. The summed E-state index contributed by atoms with van der Waals surface area (Å²) in [4.78, 5) is 2.50. The van der Waals surface area contributed by atoms with Crippen molar-refractivity contribution in [2.24, 2.45) is 5.92 Å². The van der Waals surface area contributed by atoms with Gasteiger partial charge in [0.25, 0.3) is 0 Å². The minimum Gasteiger partial charge on any atom is -0.494 e. The Hall–Kier alpha value is -1.22. The molecule has 1 aliphatic heterocycles. The zero-order valence-corrected chi connectivity index (χ0v) is 12.5. The van der Waals surface area contributed by atoms with Crippen LogP contribution in [0.3, 0.4) is 0 Å². The van der Waals surface area contributed by atoms with Gasteiger partial charge in [0.05, 0.1) is 6.61 Å². The van der Waals surface area contributed by atoms with Gasteiger partial charge in [0.1, 0.15) is 5.75 Å². The second-order valence-corrected chi connectivity index (χ2v) is 6.06. The first-order valence-electron chi connectivity index (χ1n) is 8.06. The fraction of sp³-hybridized carbons (Fsp3) is 0.647. The largest absolute Gasteiger partial charge is 0.494 e. The summed E-state index contributed by atoms with van der Waals surface area (Å²) in [5.74, 6) is 1.94. The number of piperidine rings is 1. The average Bonchev–Trinajstić information content (AvgIpc) is 3.31. The molecule has 0 bridgehead atoms. The molecule has 3 rings (SSSR count). The van der Waals surface area contributed by atoms with Crippen LogP contribution < -0.4 is 15.0 Å². The average molecular weight is 274 g/mol. The predicted octanol–water partition coefficient (Wildman–Crippen LogP) is 3.05. The van der Waals surface area contributed by atoms with Gasteiger partial charge in [-0.25, -0.2) is 0 Å². The van der Waals surface area contributed by atoms with Crippen LogP contribution in [0.2, 0.25) is 0 Å². The Kier molecular flexibility index (Phi) is 4.46. The third-order valence-electron chi connectivity index (χ3n) is 4.33. The van der Waals surface area contributed by atoms with E-state index in [1.54, 1.807) is 0 Å². The van der Waals surface area contributed by atoms with Crippen molar-refractivity contribution in [3.63, 3.8) is 0 Å². The minimum absolute atomic E-state index is 0.663. The van der Waals surface area contributed by atoms with Crippen molar-refractivity contribution in [1.82, 2.24) is 5.32 Å². The maximum absolute atomic E-state index is 5.51. The molecule has 1 atom stereocenters. The van der Waals surface area contributed by atoms with Crippen LogP contribution in [0.15, 0.2) is 24.3 Å². The molecule has 1 saturated carbocycles. The Balaban J connectivity index is 1.54. The Morgan fingerprint density at radius 1 is 1.20 bits per heavy atom. The quantitative estimate of drug-likeness (QED) is 0.863. The molecule has 0 spiro atoms. The van der Waals surface area contributed by atoms with Gasteiger partial charge in [-0.2, -0.15) is 0 Å². The summed E-state index contributed by atoms with van der Waals surface area (Å²) in [6, 6.07) is 9.21. The van der Waals surface area contributed by atoms with Crippen molar-refractivity contribution in [3.05, 3.63) is 24.3 Å². The van der Waals surface area contributed by atoms with Crippen LogP contribution >= 0.6 is 0 Å².